The summed E-state index contributed by atoms with van der Waals surface area (Å²) in [6.07, 6.45) is 1.29. The molecular weight excluding hydrogens is 275 g/mol. The first-order valence-electron chi connectivity index (χ1n) is 6.66. The molecule has 0 aromatic rings. The number of hydrogen-bond acceptors (Lipinski definition) is 5. The predicted octanol–water partition coefficient (Wildman–Crippen LogP) is 1.03. The average Bonchev–Trinajstić information content (AvgIpc) is 2.30. The van der Waals surface area contributed by atoms with Gasteiger partial charge in [0.1, 0.15) is 0 Å². The van der Waals surface area contributed by atoms with Gasteiger partial charge in [-0.1, -0.05) is 20.8 Å². The highest BCUT2D eigenvalue weighted by Crippen LogP contribution is 2.29. The van der Waals surface area contributed by atoms with Crippen LogP contribution < -0.4 is 0 Å². The Morgan fingerprint density at radius 3 is 1.80 bits per heavy atom. The van der Waals surface area contributed by atoms with E-state index in [1.165, 1.54) is 6.92 Å². The molecule has 0 aliphatic rings. The maximum Gasteiger partial charge on any atom is 0.334 e. The molecule has 0 saturated heterocycles. The summed E-state index contributed by atoms with van der Waals surface area (Å²) in [5, 5.41) is 0. The van der Waals surface area contributed by atoms with E-state index in [0.29, 0.717) is 12.8 Å². The van der Waals surface area contributed by atoms with Gasteiger partial charge in [0.25, 0.3) is 0 Å². The van der Waals surface area contributed by atoms with Crippen molar-refractivity contribution >= 4 is 40.9 Å². The number of carbonyl (C=O) groups is 4. The summed E-state index contributed by atoms with van der Waals surface area (Å²) in [6, 6.07) is 0. The first-order chi connectivity index (χ1) is 8.86. The fourth-order valence-corrected chi connectivity index (χ4v) is 1.93. The number of carbonyl (C=O) groups excluding carboxylic acids is 4. The zero-order chi connectivity index (χ0) is 15.1. The van der Waals surface area contributed by atoms with E-state index in [2.05, 4.69) is 4.74 Å². The molecule has 0 bridgehead atoms. The van der Waals surface area contributed by atoms with Gasteiger partial charge in [-0.15, -0.1) is 0 Å². The fraction of sp³-hybridized carbons (Fsp3) is 0.714. The number of ether oxygens (including phenoxy) is 1. The highest BCUT2D eigenvalue weighted by atomic mass is 27.0. The first kappa shape index (κ1) is 21.3. The number of ketones is 2. The summed E-state index contributed by atoms with van der Waals surface area (Å²) in [5.41, 5.74) is -1.82. The Morgan fingerprint density at radius 2 is 1.45 bits per heavy atom. The number of rotatable bonds is 8. The Labute approximate surface area is 130 Å². The van der Waals surface area contributed by atoms with Crippen LogP contribution in [0.5, 0.6) is 0 Å². The van der Waals surface area contributed by atoms with Gasteiger partial charge in [-0.2, -0.15) is 0 Å². The van der Waals surface area contributed by atoms with Gasteiger partial charge in [0, 0.05) is 12.8 Å². The van der Waals surface area contributed by atoms with Crippen molar-refractivity contribution in [3.8, 4) is 0 Å². The van der Waals surface area contributed by atoms with Gasteiger partial charge in [0.05, 0.1) is 0 Å². The molecule has 0 fully saturated rings. The van der Waals surface area contributed by atoms with E-state index >= 15 is 0 Å². The molecule has 0 aliphatic carbocycles. The van der Waals surface area contributed by atoms with Crippen molar-refractivity contribution in [3.63, 3.8) is 0 Å². The van der Waals surface area contributed by atoms with E-state index in [0.717, 1.165) is 0 Å². The first-order valence-corrected chi connectivity index (χ1v) is 6.66. The van der Waals surface area contributed by atoms with Crippen molar-refractivity contribution in [2.24, 2.45) is 5.41 Å². The van der Waals surface area contributed by atoms with Gasteiger partial charge in [-0.3, -0.25) is 14.4 Å². The third-order valence-electron chi connectivity index (χ3n) is 3.09. The molecule has 0 N–H and O–H groups in total. The molecule has 5 nitrogen and oxygen atoms in total. The van der Waals surface area contributed by atoms with E-state index in [1.807, 2.05) is 0 Å². The van der Waals surface area contributed by atoms with E-state index in [-0.39, 0.29) is 36.6 Å². The van der Waals surface area contributed by atoms with Crippen molar-refractivity contribution in [3.05, 3.63) is 0 Å². The Hall–Kier alpha value is -0.988. The third-order valence-corrected chi connectivity index (χ3v) is 3.09. The van der Waals surface area contributed by atoms with Crippen LogP contribution in [0.2, 0.25) is 0 Å². The van der Waals surface area contributed by atoms with Crippen molar-refractivity contribution in [2.75, 3.05) is 0 Å². The van der Waals surface area contributed by atoms with Gasteiger partial charge in [0.15, 0.2) is 34.3 Å². The molecule has 0 radical (unpaired) electrons. The molecule has 0 aromatic heterocycles. The van der Waals surface area contributed by atoms with Crippen LogP contribution in [-0.4, -0.2) is 40.9 Å². The smallest absolute Gasteiger partial charge is 0.334 e. The zero-order valence-corrected chi connectivity index (χ0v) is 12.1. The molecule has 0 amide bonds. The highest BCUT2D eigenvalue weighted by molar-refractivity contribution is 6.22. The standard InChI is InChI=1S/C14H22O5.Al.3H/c1-5-8-11(16)14(7-3,10(4)15)13(18)19-12(17)9-6-2;;;;/h5-9H2,1-4H3;;;;. The summed E-state index contributed by atoms with van der Waals surface area (Å²) in [6.45, 7) is 6.31. The maximum absolute atomic E-state index is 12.1. The molecule has 0 saturated carbocycles. The molecule has 114 valence electrons. The molecule has 1 unspecified atom stereocenters. The van der Waals surface area contributed by atoms with Crippen molar-refractivity contribution in [1.82, 2.24) is 0 Å². The molecule has 6 heteroatoms. The lowest BCUT2D eigenvalue weighted by atomic mass is 9.76. The zero-order valence-electron chi connectivity index (χ0n) is 12.1. The Morgan fingerprint density at radius 1 is 0.950 bits per heavy atom. The van der Waals surface area contributed by atoms with Gasteiger partial charge in [-0.25, -0.2) is 4.79 Å². The van der Waals surface area contributed by atoms with Crippen LogP contribution in [0.1, 0.15) is 59.8 Å². The quantitative estimate of drug-likeness (QED) is 0.380. The monoisotopic (exact) mass is 300 g/mol. The molecule has 1 atom stereocenters. The summed E-state index contributed by atoms with van der Waals surface area (Å²) < 4.78 is 4.66. The largest absolute Gasteiger partial charge is 0.392 e. The average molecular weight is 300 g/mol. The topological polar surface area (TPSA) is 77.5 Å². The maximum atomic E-state index is 12.1. The van der Waals surface area contributed by atoms with Crippen LogP contribution in [0, 0.1) is 5.41 Å². The SMILES string of the molecule is CCCC(=O)OC(=O)C(CC)(C(C)=O)C(=O)CCC.[AlH3]. The molecule has 0 spiro atoms. The summed E-state index contributed by atoms with van der Waals surface area (Å²) in [5.74, 6) is -2.77. The summed E-state index contributed by atoms with van der Waals surface area (Å²) in [7, 11) is 0. The third kappa shape index (κ3) is 4.84. The Balaban J connectivity index is 0. The lowest BCUT2D eigenvalue weighted by Gasteiger charge is -2.25. The van der Waals surface area contributed by atoms with E-state index in [9.17, 15) is 19.2 Å². The van der Waals surface area contributed by atoms with Crippen LogP contribution >= 0.6 is 0 Å². The second-order valence-electron chi connectivity index (χ2n) is 4.50. The minimum Gasteiger partial charge on any atom is -0.392 e. The lowest BCUT2D eigenvalue weighted by Crippen LogP contribution is -2.46. The van der Waals surface area contributed by atoms with E-state index < -0.39 is 28.9 Å². The Kier molecular flexibility index (Phi) is 10.5. The van der Waals surface area contributed by atoms with Crippen LogP contribution in [0.3, 0.4) is 0 Å². The molecule has 0 rings (SSSR count). The lowest BCUT2D eigenvalue weighted by molar-refractivity contribution is -0.171. The van der Waals surface area contributed by atoms with Crippen molar-refractivity contribution in [1.29, 1.82) is 0 Å². The van der Waals surface area contributed by atoms with Gasteiger partial charge in [-0.05, 0) is 26.2 Å². The minimum atomic E-state index is -1.82. The molecule has 0 heterocycles. The normalized spacial score (nSPS) is 12.8. The Bertz CT molecular complexity index is 378. The molecular formula is C14H25AlO5. The predicted molar refractivity (Wildman–Crippen MR) is 79.3 cm³/mol. The molecule has 20 heavy (non-hydrogen) atoms. The van der Waals surface area contributed by atoms with Gasteiger partial charge in [0.2, 0.25) is 0 Å². The molecule has 0 aromatic carbocycles. The number of Topliss-reactive ketones (excluding diaryl/α,β-unsaturated/α-hetero) is 2. The number of esters is 2. The van der Waals surface area contributed by atoms with Crippen LogP contribution in [0.4, 0.5) is 0 Å². The van der Waals surface area contributed by atoms with Crippen molar-refractivity contribution in [2.45, 2.75) is 59.8 Å². The van der Waals surface area contributed by atoms with Gasteiger partial charge >= 0.3 is 11.9 Å². The summed E-state index contributed by atoms with van der Waals surface area (Å²) in [4.78, 5) is 47.3. The van der Waals surface area contributed by atoms with Gasteiger partial charge < -0.3 is 4.74 Å². The molecule has 0 aliphatic heterocycles. The number of hydrogen-bond donors (Lipinski definition) is 0. The summed E-state index contributed by atoms with van der Waals surface area (Å²) >= 11 is 0. The fourth-order valence-electron chi connectivity index (χ4n) is 1.93. The van der Waals surface area contributed by atoms with Crippen LogP contribution in [0.25, 0.3) is 0 Å². The van der Waals surface area contributed by atoms with Crippen LogP contribution in [0.15, 0.2) is 0 Å². The minimum absolute atomic E-state index is 0. The van der Waals surface area contributed by atoms with Crippen molar-refractivity contribution < 1.29 is 23.9 Å². The highest BCUT2D eigenvalue weighted by Gasteiger charge is 2.50. The second-order valence-corrected chi connectivity index (χ2v) is 4.50. The van der Waals surface area contributed by atoms with Crippen LogP contribution in [-0.2, 0) is 23.9 Å². The van der Waals surface area contributed by atoms with E-state index in [4.69, 9.17) is 0 Å². The second kappa shape index (κ2) is 9.84. The van der Waals surface area contributed by atoms with E-state index in [1.54, 1.807) is 20.8 Å².